The maximum Gasteiger partial charge on any atom is 0.348 e. The van der Waals surface area contributed by atoms with Crippen LogP contribution in [-0.2, 0) is 16.0 Å². The average Bonchev–Trinajstić information content (AvgIpc) is 3.05. The van der Waals surface area contributed by atoms with Crippen molar-refractivity contribution >= 4 is 29.0 Å². The Labute approximate surface area is 142 Å². The topological polar surface area (TPSA) is 72.5 Å². The molecule has 24 heavy (non-hydrogen) atoms. The molecule has 0 unspecified atom stereocenters. The van der Waals surface area contributed by atoms with Crippen LogP contribution in [0.15, 0.2) is 36.4 Å². The molecule has 0 fully saturated rings. The van der Waals surface area contributed by atoms with Crippen molar-refractivity contribution in [1.29, 1.82) is 0 Å². The van der Waals surface area contributed by atoms with Crippen LogP contribution in [0, 0.1) is 5.82 Å². The zero-order valence-electron chi connectivity index (χ0n) is 13.0. The number of carbonyl (C=O) groups excluding carboxylic acids is 3. The smallest absolute Gasteiger partial charge is 0.348 e. The number of benzene rings is 1. The van der Waals surface area contributed by atoms with Crippen molar-refractivity contribution in [3.05, 3.63) is 57.5 Å². The van der Waals surface area contributed by atoms with E-state index >= 15 is 0 Å². The molecule has 1 heterocycles. The van der Waals surface area contributed by atoms with Gasteiger partial charge in [0.2, 0.25) is 0 Å². The molecule has 7 heteroatoms. The third-order valence-corrected chi connectivity index (χ3v) is 4.30. The molecule has 1 aromatic carbocycles. The SMILES string of the molecule is CC(=O)c1ccc(C(=O)OCC(=O)NCCc2ccc(F)cc2)s1. The monoisotopic (exact) mass is 349 g/mol. The first-order valence-electron chi connectivity index (χ1n) is 7.25. The summed E-state index contributed by atoms with van der Waals surface area (Å²) in [6.07, 6.45) is 0.548. The summed E-state index contributed by atoms with van der Waals surface area (Å²) >= 11 is 1.03. The normalized spacial score (nSPS) is 10.2. The number of hydrogen-bond acceptors (Lipinski definition) is 5. The van der Waals surface area contributed by atoms with Gasteiger partial charge in [0.15, 0.2) is 12.4 Å². The molecular formula is C17H16FNO4S. The second-order valence-corrected chi connectivity index (χ2v) is 6.11. The van der Waals surface area contributed by atoms with E-state index in [1.807, 2.05) is 0 Å². The van der Waals surface area contributed by atoms with Crippen molar-refractivity contribution in [2.24, 2.45) is 0 Å². The molecule has 1 N–H and O–H groups in total. The van der Waals surface area contributed by atoms with Crippen LogP contribution in [-0.4, -0.2) is 30.8 Å². The van der Waals surface area contributed by atoms with Gasteiger partial charge in [0.1, 0.15) is 10.7 Å². The number of amides is 1. The molecule has 2 aromatic rings. The molecule has 1 aromatic heterocycles. The number of rotatable bonds is 7. The van der Waals surface area contributed by atoms with E-state index in [-0.39, 0.29) is 16.5 Å². The van der Waals surface area contributed by atoms with Crippen LogP contribution in [0.2, 0.25) is 0 Å². The fourth-order valence-corrected chi connectivity index (χ4v) is 2.68. The fourth-order valence-electron chi connectivity index (χ4n) is 1.89. The number of ketones is 1. The van der Waals surface area contributed by atoms with Gasteiger partial charge in [0.25, 0.3) is 5.91 Å². The van der Waals surface area contributed by atoms with Crippen LogP contribution in [0.5, 0.6) is 0 Å². The number of thiophene rings is 1. The maximum atomic E-state index is 12.8. The van der Waals surface area contributed by atoms with E-state index < -0.39 is 18.5 Å². The zero-order valence-corrected chi connectivity index (χ0v) is 13.8. The predicted octanol–water partition coefficient (Wildman–Crippen LogP) is 2.61. The highest BCUT2D eigenvalue weighted by atomic mass is 32.1. The highest BCUT2D eigenvalue weighted by Crippen LogP contribution is 2.17. The quantitative estimate of drug-likeness (QED) is 0.616. The van der Waals surface area contributed by atoms with E-state index in [2.05, 4.69) is 5.32 Å². The lowest BCUT2D eigenvalue weighted by Crippen LogP contribution is -2.30. The lowest BCUT2D eigenvalue weighted by atomic mass is 10.1. The van der Waals surface area contributed by atoms with E-state index in [1.54, 1.807) is 18.2 Å². The second-order valence-electron chi connectivity index (χ2n) is 5.02. The fraction of sp³-hybridized carbons (Fsp3) is 0.235. The second kappa shape index (κ2) is 8.35. The molecule has 0 aliphatic heterocycles. The number of esters is 1. The van der Waals surface area contributed by atoms with Gasteiger partial charge in [-0.25, -0.2) is 9.18 Å². The van der Waals surface area contributed by atoms with Gasteiger partial charge in [-0.2, -0.15) is 0 Å². The summed E-state index contributed by atoms with van der Waals surface area (Å²) < 4.78 is 17.7. The molecule has 126 valence electrons. The van der Waals surface area contributed by atoms with E-state index in [0.717, 1.165) is 16.9 Å². The largest absolute Gasteiger partial charge is 0.451 e. The number of ether oxygens (including phenoxy) is 1. The lowest BCUT2D eigenvalue weighted by Gasteiger charge is -2.06. The Balaban J connectivity index is 1.71. The summed E-state index contributed by atoms with van der Waals surface area (Å²) in [7, 11) is 0. The standard InChI is InChI=1S/C17H16FNO4S/c1-11(20)14-6-7-15(24-14)17(22)23-10-16(21)19-9-8-12-2-4-13(18)5-3-12/h2-7H,8-10H2,1H3,(H,19,21). The Kier molecular flexibility index (Phi) is 6.20. The van der Waals surface area contributed by atoms with E-state index in [1.165, 1.54) is 25.1 Å². The molecule has 0 aliphatic rings. The first-order valence-corrected chi connectivity index (χ1v) is 8.06. The number of hydrogen-bond donors (Lipinski definition) is 1. The molecule has 0 radical (unpaired) electrons. The minimum Gasteiger partial charge on any atom is -0.451 e. The molecular weight excluding hydrogens is 333 g/mol. The Bertz CT molecular complexity index is 739. The first kappa shape index (κ1) is 17.8. The predicted molar refractivity (Wildman–Crippen MR) is 87.7 cm³/mol. The zero-order chi connectivity index (χ0) is 17.5. The minimum atomic E-state index is -0.638. The number of Topliss-reactive ketones (excluding diaryl/α,β-unsaturated/α-hetero) is 1. The summed E-state index contributed by atoms with van der Waals surface area (Å²) in [5.41, 5.74) is 0.893. The molecule has 0 aliphatic carbocycles. The lowest BCUT2D eigenvalue weighted by molar-refractivity contribution is -0.124. The van der Waals surface area contributed by atoms with E-state index in [0.29, 0.717) is 17.8 Å². The van der Waals surface area contributed by atoms with Crippen molar-refractivity contribution < 1.29 is 23.5 Å². The summed E-state index contributed by atoms with van der Waals surface area (Å²) in [4.78, 5) is 35.3. The van der Waals surface area contributed by atoms with Gasteiger partial charge in [-0.15, -0.1) is 11.3 Å². The highest BCUT2D eigenvalue weighted by molar-refractivity contribution is 7.15. The Morgan fingerprint density at radius 3 is 2.38 bits per heavy atom. The molecule has 0 saturated heterocycles. The van der Waals surface area contributed by atoms with Gasteiger partial charge in [-0.05, 0) is 43.2 Å². The molecule has 2 rings (SSSR count). The number of nitrogens with one attached hydrogen (secondary N) is 1. The van der Waals surface area contributed by atoms with Gasteiger partial charge in [0, 0.05) is 6.54 Å². The van der Waals surface area contributed by atoms with Gasteiger partial charge < -0.3 is 10.1 Å². The average molecular weight is 349 g/mol. The maximum absolute atomic E-state index is 12.8. The van der Waals surface area contributed by atoms with Crippen molar-refractivity contribution in [2.75, 3.05) is 13.2 Å². The van der Waals surface area contributed by atoms with Crippen molar-refractivity contribution in [2.45, 2.75) is 13.3 Å². The van der Waals surface area contributed by atoms with Crippen molar-refractivity contribution in [1.82, 2.24) is 5.32 Å². The van der Waals surface area contributed by atoms with Crippen molar-refractivity contribution in [3.8, 4) is 0 Å². The van der Waals surface area contributed by atoms with Crippen molar-refractivity contribution in [3.63, 3.8) is 0 Å². The molecule has 0 spiro atoms. The summed E-state index contributed by atoms with van der Waals surface area (Å²) in [6, 6.07) is 9.04. The molecule has 0 saturated carbocycles. The van der Waals surface area contributed by atoms with Crippen LogP contribution >= 0.6 is 11.3 Å². The van der Waals surface area contributed by atoms with Crippen LogP contribution in [0.4, 0.5) is 4.39 Å². The van der Waals surface area contributed by atoms with Crippen LogP contribution in [0.3, 0.4) is 0 Å². The van der Waals surface area contributed by atoms with Gasteiger partial charge in [-0.1, -0.05) is 12.1 Å². The molecule has 0 atom stereocenters. The van der Waals surface area contributed by atoms with Crippen LogP contribution in [0.1, 0.15) is 31.8 Å². The molecule has 1 amide bonds. The summed E-state index contributed by atoms with van der Waals surface area (Å²) in [5.74, 6) is -1.50. The Morgan fingerprint density at radius 1 is 1.08 bits per heavy atom. The van der Waals surface area contributed by atoms with E-state index in [9.17, 15) is 18.8 Å². The third kappa shape index (κ3) is 5.27. The van der Waals surface area contributed by atoms with Crippen LogP contribution in [0.25, 0.3) is 0 Å². The van der Waals surface area contributed by atoms with E-state index in [4.69, 9.17) is 4.74 Å². The molecule has 0 bridgehead atoms. The number of halogens is 1. The van der Waals surface area contributed by atoms with Gasteiger partial charge in [-0.3, -0.25) is 9.59 Å². The Morgan fingerprint density at radius 2 is 1.75 bits per heavy atom. The molecule has 5 nitrogen and oxygen atoms in total. The highest BCUT2D eigenvalue weighted by Gasteiger charge is 2.14. The minimum absolute atomic E-state index is 0.127. The number of carbonyl (C=O) groups is 3. The Hall–Kier alpha value is -2.54. The van der Waals surface area contributed by atoms with Crippen LogP contribution < -0.4 is 5.32 Å². The summed E-state index contributed by atoms with van der Waals surface area (Å²) in [5, 5.41) is 2.62. The summed E-state index contributed by atoms with van der Waals surface area (Å²) in [6.45, 7) is 1.38. The van der Waals surface area contributed by atoms with Gasteiger partial charge in [0.05, 0.1) is 4.88 Å². The third-order valence-electron chi connectivity index (χ3n) is 3.14. The van der Waals surface area contributed by atoms with Gasteiger partial charge >= 0.3 is 5.97 Å². The first-order chi connectivity index (χ1) is 11.5.